The quantitative estimate of drug-likeness (QED) is 0.546. The molecule has 0 saturated carbocycles. The number of unbranched alkanes of at least 4 members (excludes halogenated alkanes) is 1. The Labute approximate surface area is 188 Å². The number of rotatable bonds is 8. The molecule has 1 aromatic heterocycles. The summed E-state index contributed by atoms with van der Waals surface area (Å²) in [4.78, 5) is 13.5. The van der Waals surface area contributed by atoms with Gasteiger partial charge in [0.1, 0.15) is 17.9 Å². The van der Waals surface area contributed by atoms with Crippen molar-refractivity contribution in [2.75, 3.05) is 27.5 Å². The number of quaternary nitrogens is 1. The van der Waals surface area contributed by atoms with E-state index in [0.717, 1.165) is 72.5 Å². The highest BCUT2D eigenvalue weighted by Crippen LogP contribution is 2.34. The smallest absolute Gasteiger partial charge is 0.336 e. The minimum atomic E-state index is -0.287. The summed E-state index contributed by atoms with van der Waals surface area (Å²) in [6.07, 6.45) is 3.93. The second-order valence-electron chi connectivity index (χ2n) is 8.47. The molecular formula is C26H32NO5+. The van der Waals surface area contributed by atoms with Gasteiger partial charge in [-0.15, -0.1) is 0 Å². The molecule has 3 aromatic rings. The molecule has 1 N–H and O–H groups in total. The molecule has 1 aliphatic heterocycles. The maximum Gasteiger partial charge on any atom is 0.336 e. The average Bonchev–Trinajstić information content (AvgIpc) is 2.81. The van der Waals surface area contributed by atoms with E-state index >= 15 is 0 Å². The Balaban J connectivity index is 1.56. The number of aryl methyl sites for hydroxylation is 2. The van der Waals surface area contributed by atoms with E-state index in [2.05, 4.69) is 19.1 Å². The number of benzene rings is 2. The Kier molecular flexibility index (Phi) is 6.70. The maximum absolute atomic E-state index is 12.1. The Morgan fingerprint density at radius 3 is 2.62 bits per heavy atom. The van der Waals surface area contributed by atoms with Gasteiger partial charge in [0.15, 0.2) is 11.5 Å². The van der Waals surface area contributed by atoms with Gasteiger partial charge in [-0.05, 0) is 49.1 Å². The van der Waals surface area contributed by atoms with Gasteiger partial charge in [0.2, 0.25) is 6.73 Å². The van der Waals surface area contributed by atoms with Crippen LogP contribution in [0, 0.1) is 6.92 Å². The van der Waals surface area contributed by atoms with Crippen molar-refractivity contribution in [2.45, 2.75) is 46.1 Å². The third-order valence-electron chi connectivity index (χ3n) is 6.25. The van der Waals surface area contributed by atoms with Crippen LogP contribution in [0.5, 0.6) is 17.2 Å². The highest BCUT2D eigenvalue weighted by atomic mass is 16.5. The topological polar surface area (TPSA) is 62.3 Å². The van der Waals surface area contributed by atoms with Crippen molar-refractivity contribution in [3.05, 3.63) is 63.0 Å². The number of hydrogen-bond acceptors (Lipinski definition) is 5. The van der Waals surface area contributed by atoms with Crippen molar-refractivity contribution in [3.63, 3.8) is 0 Å². The van der Waals surface area contributed by atoms with E-state index in [-0.39, 0.29) is 5.63 Å². The van der Waals surface area contributed by atoms with E-state index in [9.17, 15) is 4.79 Å². The molecule has 0 amide bonds. The van der Waals surface area contributed by atoms with E-state index in [1.807, 2.05) is 19.1 Å². The molecule has 6 heteroatoms. The van der Waals surface area contributed by atoms with Crippen LogP contribution in [-0.4, -0.2) is 27.5 Å². The van der Waals surface area contributed by atoms with Crippen molar-refractivity contribution in [2.24, 2.45) is 0 Å². The molecule has 1 unspecified atom stereocenters. The summed E-state index contributed by atoms with van der Waals surface area (Å²) in [5, 5.41) is 1.04. The van der Waals surface area contributed by atoms with Crippen LogP contribution in [0.3, 0.4) is 0 Å². The van der Waals surface area contributed by atoms with Gasteiger partial charge < -0.3 is 18.6 Å². The molecule has 170 valence electrons. The first-order valence-electron chi connectivity index (χ1n) is 11.3. The second kappa shape index (κ2) is 9.65. The number of hydrogen-bond donors (Lipinski definition) is 1. The van der Waals surface area contributed by atoms with Crippen LogP contribution >= 0.6 is 0 Å². The largest absolute Gasteiger partial charge is 0.493 e. The summed E-state index contributed by atoms with van der Waals surface area (Å²) in [6, 6.07) is 9.89. The fraction of sp³-hybridized carbons (Fsp3) is 0.423. The predicted molar refractivity (Wildman–Crippen MR) is 124 cm³/mol. The van der Waals surface area contributed by atoms with E-state index in [1.165, 1.54) is 16.0 Å². The van der Waals surface area contributed by atoms with Gasteiger partial charge >= 0.3 is 5.63 Å². The van der Waals surface area contributed by atoms with Crippen LogP contribution in [0.2, 0.25) is 0 Å². The van der Waals surface area contributed by atoms with Crippen LogP contribution in [0.25, 0.3) is 11.0 Å². The van der Waals surface area contributed by atoms with Crippen molar-refractivity contribution in [3.8, 4) is 17.2 Å². The first-order chi connectivity index (χ1) is 15.5. The summed E-state index contributed by atoms with van der Waals surface area (Å²) in [5.74, 6) is 2.36. The highest BCUT2D eigenvalue weighted by molar-refractivity contribution is 5.86. The normalized spacial score (nSPS) is 15.3. The molecule has 2 aromatic carbocycles. The lowest BCUT2D eigenvalue weighted by Crippen LogP contribution is -3.12. The molecule has 2 heterocycles. The average molecular weight is 439 g/mol. The van der Waals surface area contributed by atoms with Gasteiger partial charge in [-0.25, -0.2) is 4.79 Å². The number of ether oxygens (including phenoxy) is 3. The summed E-state index contributed by atoms with van der Waals surface area (Å²) in [7, 11) is 3.31. The van der Waals surface area contributed by atoms with Gasteiger partial charge in [0.25, 0.3) is 0 Å². The fourth-order valence-corrected chi connectivity index (χ4v) is 4.49. The molecule has 0 fully saturated rings. The molecule has 0 saturated heterocycles. The number of fused-ring (bicyclic) bond motifs is 2. The molecule has 0 radical (unpaired) electrons. The SMILES string of the molecule is CCCCc1cc(=O)oc2c(C)c3c(cc12)C[NH+](CCc1ccc(OC)c(OC)c1)CO3. The monoisotopic (exact) mass is 438 g/mol. The molecule has 6 nitrogen and oxygen atoms in total. The number of methoxy groups -OCH3 is 2. The summed E-state index contributed by atoms with van der Waals surface area (Å²) in [6.45, 7) is 6.56. The summed E-state index contributed by atoms with van der Waals surface area (Å²) >= 11 is 0. The maximum atomic E-state index is 12.1. The zero-order valence-electron chi connectivity index (χ0n) is 19.4. The molecule has 1 aliphatic rings. The van der Waals surface area contributed by atoms with Crippen molar-refractivity contribution < 1.29 is 23.5 Å². The van der Waals surface area contributed by atoms with Crippen molar-refractivity contribution >= 4 is 11.0 Å². The molecule has 32 heavy (non-hydrogen) atoms. The Bertz CT molecular complexity index is 1170. The standard InChI is InChI=1S/C26H31NO5/c1-5-6-7-19-14-24(28)32-26-17(2)25-20(13-21(19)26)15-27(16-31-25)11-10-18-8-9-22(29-3)23(12-18)30-4/h8-9,12-14H,5-7,10-11,15-16H2,1-4H3/p+1. The predicted octanol–water partition coefficient (Wildman–Crippen LogP) is 3.44. The molecule has 0 bridgehead atoms. The minimum Gasteiger partial charge on any atom is -0.493 e. The zero-order valence-corrected chi connectivity index (χ0v) is 19.4. The summed E-state index contributed by atoms with van der Waals surface area (Å²) < 4.78 is 22.5. The highest BCUT2D eigenvalue weighted by Gasteiger charge is 2.25. The van der Waals surface area contributed by atoms with E-state index < -0.39 is 0 Å². The third kappa shape index (κ3) is 4.46. The molecule has 0 spiro atoms. The lowest BCUT2D eigenvalue weighted by Gasteiger charge is -2.28. The van der Waals surface area contributed by atoms with E-state index in [4.69, 9.17) is 18.6 Å². The van der Waals surface area contributed by atoms with Crippen LogP contribution in [0.15, 0.2) is 39.5 Å². The van der Waals surface area contributed by atoms with Gasteiger partial charge in [-0.2, -0.15) is 0 Å². The van der Waals surface area contributed by atoms with E-state index in [1.54, 1.807) is 20.3 Å². The van der Waals surface area contributed by atoms with E-state index in [0.29, 0.717) is 12.3 Å². The molecule has 4 rings (SSSR count). The summed E-state index contributed by atoms with van der Waals surface area (Å²) in [5.41, 5.74) is 4.75. The van der Waals surface area contributed by atoms with Crippen LogP contribution in [0.4, 0.5) is 0 Å². The van der Waals surface area contributed by atoms with Crippen molar-refractivity contribution in [1.29, 1.82) is 0 Å². The van der Waals surface area contributed by atoms with Crippen molar-refractivity contribution in [1.82, 2.24) is 0 Å². The Morgan fingerprint density at radius 1 is 1.06 bits per heavy atom. The first-order valence-corrected chi connectivity index (χ1v) is 11.3. The minimum absolute atomic E-state index is 0.287. The van der Waals surface area contributed by atoms with Gasteiger partial charge in [0, 0.05) is 29.0 Å². The zero-order chi connectivity index (χ0) is 22.7. The van der Waals surface area contributed by atoms with Crippen LogP contribution in [-0.2, 0) is 19.4 Å². The van der Waals surface area contributed by atoms with Gasteiger partial charge in [0.05, 0.1) is 20.8 Å². The Morgan fingerprint density at radius 2 is 1.88 bits per heavy atom. The molecule has 1 atom stereocenters. The lowest BCUT2D eigenvalue weighted by atomic mass is 9.98. The second-order valence-corrected chi connectivity index (χ2v) is 8.47. The number of nitrogens with one attached hydrogen (secondary N) is 1. The van der Waals surface area contributed by atoms with Gasteiger partial charge in [-0.3, -0.25) is 4.90 Å². The van der Waals surface area contributed by atoms with Crippen LogP contribution < -0.4 is 24.7 Å². The van der Waals surface area contributed by atoms with Crippen LogP contribution in [0.1, 0.15) is 42.0 Å². The Hall–Kier alpha value is -2.99. The fourth-order valence-electron chi connectivity index (χ4n) is 4.49. The van der Waals surface area contributed by atoms with Gasteiger partial charge in [-0.1, -0.05) is 19.4 Å². The third-order valence-corrected chi connectivity index (χ3v) is 6.25. The first kappa shape index (κ1) is 22.2. The molecule has 0 aliphatic carbocycles. The lowest BCUT2D eigenvalue weighted by molar-refractivity contribution is -0.932. The molecular weight excluding hydrogens is 406 g/mol.